The Bertz CT molecular complexity index is 718. The molecule has 0 nitrogen and oxygen atoms in total. The van der Waals surface area contributed by atoms with Gasteiger partial charge in [-0.2, -0.15) is 0 Å². The summed E-state index contributed by atoms with van der Waals surface area (Å²) in [5.41, 5.74) is 5.71. The van der Waals surface area contributed by atoms with E-state index in [1.54, 1.807) is 0 Å². The largest absolute Gasteiger partial charge is 2.00 e. The van der Waals surface area contributed by atoms with Gasteiger partial charge in [-0.25, -0.2) is 0 Å². The standard InChI is InChI=1S/2C16H13P.2Fe/c2*1-2-8-14(9-3-1)17(15-10-4-5-11-15)16-12-6-7-13-16;;/h2*1-13H;;/q;;2*+2. The smallest absolute Gasteiger partial charge is 0.0622 e. The van der Waals surface area contributed by atoms with Gasteiger partial charge in [-0.3, -0.25) is 0 Å². The van der Waals surface area contributed by atoms with Gasteiger partial charge in [0, 0.05) is 22.6 Å². The molecule has 0 bridgehead atoms. The van der Waals surface area contributed by atoms with Gasteiger partial charge in [0.05, 0.1) is 0 Å². The molecule has 0 atom stereocenters. The maximum absolute atomic E-state index is 2.23. The van der Waals surface area contributed by atoms with E-state index in [1.807, 2.05) is 0 Å². The van der Waals surface area contributed by atoms with E-state index in [0.717, 1.165) is 0 Å². The molecule has 0 aliphatic heterocycles. The molecule has 36 heavy (non-hydrogen) atoms. The fourth-order valence-corrected chi connectivity index (χ4v) is 8.71. The summed E-state index contributed by atoms with van der Waals surface area (Å²) in [6, 6.07) is 21.6. The minimum Gasteiger partial charge on any atom is -0.0622 e. The number of rotatable bonds is 6. The van der Waals surface area contributed by atoms with Crippen molar-refractivity contribution in [1.82, 2.24) is 0 Å². The van der Waals surface area contributed by atoms with Crippen molar-refractivity contribution < 1.29 is 34.1 Å². The van der Waals surface area contributed by atoms with Gasteiger partial charge in [0.25, 0.3) is 0 Å². The molecule has 0 heterocycles. The first-order valence-electron chi connectivity index (χ1n) is 11.5. The normalized spacial score (nSPS) is 21.4. The molecule has 2 aromatic rings. The third kappa shape index (κ3) is 8.17. The van der Waals surface area contributed by atoms with Gasteiger partial charge >= 0.3 is 34.1 Å². The zero-order chi connectivity index (χ0) is 23.0. The summed E-state index contributed by atoms with van der Waals surface area (Å²) >= 11 is 0. The van der Waals surface area contributed by atoms with E-state index in [9.17, 15) is 0 Å². The van der Waals surface area contributed by atoms with Gasteiger partial charge in [0.1, 0.15) is 0 Å². The van der Waals surface area contributed by atoms with Crippen LogP contribution in [-0.2, 0) is 34.1 Å². The summed E-state index contributed by atoms with van der Waals surface area (Å²) < 4.78 is 0. The van der Waals surface area contributed by atoms with E-state index in [-0.39, 0.29) is 50.0 Å². The molecule has 4 heteroatoms. The van der Waals surface area contributed by atoms with Crippen LogP contribution in [-0.4, -0.2) is 0 Å². The average molecular weight is 584 g/mol. The third-order valence-corrected chi connectivity index (χ3v) is 10.5. The molecule has 0 unspecified atom stereocenters. The van der Waals surface area contributed by atoms with Crippen LogP contribution < -0.4 is 10.6 Å². The van der Waals surface area contributed by atoms with Crippen molar-refractivity contribution in [2.24, 2.45) is 0 Å². The molecule has 176 valence electrons. The summed E-state index contributed by atoms with van der Waals surface area (Å²) in [7, 11) is -0.744. The summed E-state index contributed by atoms with van der Waals surface area (Å²) in [6.07, 6.45) is 34.8. The van der Waals surface area contributed by atoms with E-state index in [2.05, 4.69) is 163 Å². The molecule has 0 spiro atoms. The van der Waals surface area contributed by atoms with E-state index in [1.165, 1.54) is 33.2 Å². The minimum absolute atomic E-state index is 0. The van der Waals surface area contributed by atoms with Crippen LogP contribution >= 0.6 is 15.8 Å². The first-order valence-corrected chi connectivity index (χ1v) is 14.2. The minimum atomic E-state index is -0.372. The molecular formula is C32H26Fe2P2+4. The molecule has 2 aromatic carbocycles. The molecule has 0 saturated heterocycles. The van der Waals surface area contributed by atoms with Crippen LogP contribution in [0.2, 0.25) is 0 Å². The maximum atomic E-state index is 2.23. The second-order valence-electron chi connectivity index (χ2n) is 7.91. The maximum Gasteiger partial charge on any atom is 2.00 e. The number of hydrogen-bond donors (Lipinski definition) is 0. The predicted octanol–water partition coefficient (Wildman–Crippen LogP) is 7.03. The predicted molar refractivity (Wildman–Crippen MR) is 148 cm³/mol. The average Bonchev–Trinajstić information content (AvgIpc) is 3.71. The molecule has 0 amide bonds. The Hall–Kier alpha value is 0.339. The molecule has 20 radical (unpaired) electrons. The molecule has 0 aromatic heterocycles. The van der Waals surface area contributed by atoms with E-state index in [4.69, 9.17) is 0 Å². The Kier molecular flexibility index (Phi) is 14.1. The molecule has 4 saturated carbocycles. The summed E-state index contributed by atoms with van der Waals surface area (Å²) in [5.74, 6) is 0. The van der Waals surface area contributed by atoms with Gasteiger partial charge in [-0.15, -0.1) is 0 Å². The fourth-order valence-electron chi connectivity index (χ4n) is 4.10. The second-order valence-corrected chi connectivity index (χ2v) is 12.4. The van der Waals surface area contributed by atoms with Crippen molar-refractivity contribution in [2.75, 3.05) is 0 Å². The van der Waals surface area contributed by atoms with Crippen molar-refractivity contribution in [2.45, 2.75) is 0 Å². The SMILES string of the molecule is [CH]1[CH][CH][C](P([C]2[CH][CH][CH][CH]2)c2ccccc2)[CH]1.[CH]1[CH][CH][C](P([C]2[CH][CH][CH][CH]2)c2ccccc2)[CH]1.[Fe+2].[Fe+2]. The van der Waals surface area contributed by atoms with Crippen LogP contribution in [0.25, 0.3) is 0 Å². The van der Waals surface area contributed by atoms with Crippen LogP contribution in [0.5, 0.6) is 0 Å². The third-order valence-electron chi connectivity index (χ3n) is 5.64. The van der Waals surface area contributed by atoms with Crippen LogP contribution in [0.1, 0.15) is 0 Å². The van der Waals surface area contributed by atoms with Crippen molar-refractivity contribution in [3.8, 4) is 0 Å². The fraction of sp³-hybridized carbons (Fsp3) is 0. The van der Waals surface area contributed by atoms with Gasteiger partial charge in [0.15, 0.2) is 0 Å². The summed E-state index contributed by atoms with van der Waals surface area (Å²) in [6.45, 7) is 0. The van der Waals surface area contributed by atoms with Gasteiger partial charge in [-0.1, -0.05) is 76.5 Å². The van der Waals surface area contributed by atoms with Crippen LogP contribution in [0, 0.1) is 125 Å². The van der Waals surface area contributed by atoms with Crippen LogP contribution in [0.4, 0.5) is 0 Å². The van der Waals surface area contributed by atoms with Gasteiger partial charge in [-0.05, 0) is 113 Å². The molecule has 4 aliphatic carbocycles. The van der Waals surface area contributed by atoms with Crippen molar-refractivity contribution in [3.63, 3.8) is 0 Å². The monoisotopic (exact) mass is 584 g/mol. The Morgan fingerprint density at radius 3 is 0.750 bits per heavy atom. The Morgan fingerprint density at radius 1 is 0.306 bits per heavy atom. The van der Waals surface area contributed by atoms with Crippen molar-refractivity contribution in [1.29, 1.82) is 0 Å². The van der Waals surface area contributed by atoms with Crippen molar-refractivity contribution in [3.05, 3.63) is 186 Å². The first kappa shape index (κ1) is 30.9. The topological polar surface area (TPSA) is 0 Å². The first-order chi connectivity index (χ1) is 16.9. The van der Waals surface area contributed by atoms with Crippen LogP contribution in [0.3, 0.4) is 0 Å². The number of hydrogen-bond acceptors (Lipinski definition) is 0. The number of benzene rings is 2. The van der Waals surface area contributed by atoms with Crippen molar-refractivity contribution >= 4 is 26.5 Å². The van der Waals surface area contributed by atoms with E-state index in [0.29, 0.717) is 0 Å². The second kappa shape index (κ2) is 16.4. The zero-order valence-electron chi connectivity index (χ0n) is 19.6. The van der Waals surface area contributed by atoms with Crippen LogP contribution in [0.15, 0.2) is 60.7 Å². The van der Waals surface area contributed by atoms with Gasteiger partial charge < -0.3 is 0 Å². The Morgan fingerprint density at radius 2 is 0.528 bits per heavy atom. The van der Waals surface area contributed by atoms with E-state index >= 15 is 0 Å². The van der Waals surface area contributed by atoms with Gasteiger partial charge in [0.2, 0.25) is 0 Å². The molecule has 0 N–H and O–H groups in total. The molecular weight excluding hydrogens is 558 g/mol. The summed E-state index contributed by atoms with van der Waals surface area (Å²) in [5, 5.41) is 2.83. The molecule has 4 aliphatic rings. The molecule has 6 rings (SSSR count). The van der Waals surface area contributed by atoms with E-state index < -0.39 is 0 Å². The Labute approximate surface area is 245 Å². The Balaban J connectivity index is 0.000000190. The molecule has 4 fully saturated rings. The quantitative estimate of drug-likeness (QED) is 0.253. The summed E-state index contributed by atoms with van der Waals surface area (Å²) in [4.78, 5) is 0. The zero-order valence-corrected chi connectivity index (χ0v) is 23.6.